The number of fused-ring (bicyclic) bond motifs is 1. The van der Waals surface area contributed by atoms with Crippen molar-refractivity contribution in [3.63, 3.8) is 0 Å². The summed E-state index contributed by atoms with van der Waals surface area (Å²) in [4.78, 5) is 26.3. The van der Waals surface area contributed by atoms with Crippen molar-refractivity contribution in [3.8, 4) is 0 Å². The summed E-state index contributed by atoms with van der Waals surface area (Å²) >= 11 is 3.17. The number of carboxylic acids is 1. The Balaban J connectivity index is 1.71. The van der Waals surface area contributed by atoms with Gasteiger partial charge in [-0.05, 0) is 57.2 Å². The molecule has 0 radical (unpaired) electrons. The topological polar surface area (TPSA) is 82.2 Å². The van der Waals surface area contributed by atoms with Crippen LogP contribution in [-0.2, 0) is 6.54 Å². The molecule has 1 heterocycles. The van der Waals surface area contributed by atoms with Gasteiger partial charge >= 0.3 is 5.97 Å². The van der Waals surface area contributed by atoms with Crippen LogP contribution >= 0.6 is 15.9 Å². The zero-order valence-corrected chi connectivity index (χ0v) is 13.6. The van der Waals surface area contributed by atoms with E-state index in [1.807, 2.05) is 30.5 Å². The normalized spacial score (nSPS) is 10.7. The van der Waals surface area contributed by atoms with Gasteiger partial charge in [0, 0.05) is 28.3 Å². The highest BCUT2D eigenvalue weighted by molar-refractivity contribution is 9.10. The van der Waals surface area contributed by atoms with E-state index in [4.69, 9.17) is 5.11 Å². The highest BCUT2D eigenvalue weighted by Crippen LogP contribution is 2.19. The fraction of sp³-hybridized carbons (Fsp3) is 0.0588. The Hall–Kier alpha value is -2.60. The number of carbonyl (C=O) groups excluding carboxylic acids is 1. The molecule has 0 aliphatic heterocycles. The van der Waals surface area contributed by atoms with E-state index in [1.54, 1.807) is 0 Å². The van der Waals surface area contributed by atoms with Gasteiger partial charge in [-0.2, -0.15) is 0 Å². The first-order valence-electron chi connectivity index (χ1n) is 6.91. The van der Waals surface area contributed by atoms with E-state index >= 15 is 0 Å². The number of carboxylic acid groups (broad SMARTS) is 1. The van der Waals surface area contributed by atoms with Gasteiger partial charge in [-0.1, -0.05) is 12.1 Å². The third-order valence-corrected chi connectivity index (χ3v) is 4.19. The molecule has 0 atom stereocenters. The van der Waals surface area contributed by atoms with Crippen molar-refractivity contribution in [2.24, 2.45) is 0 Å². The second-order valence-corrected chi connectivity index (χ2v) is 5.94. The fourth-order valence-corrected chi connectivity index (χ4v) is 2.87. The Labute approximate surface area is 140 Å². The first kappa shape index (κ1) is 15.3. The van der Waals surface area contributed by atoms with Gasteiger partial charge in [-0.3, -0.25) is 4.79 Å². The number of carbonyl (C=O) groups is 2. The van der Waals surface area contributed by atoms with Crippen LogP contribution in [0.5, 0.6) is 0 Å². The summed E-state index contributed by atoms with van der Waals surface area (Å²) in [7, 11) is 0. The Bertz CT molecular complexity index is 902. The van der Waals surface area contributed by atoms with Crippen LogP contribution in [0.25, 0.3) is 10.9 Å². The second-order valence-electron chi connectivity index (χ2n) is 5.08. The molecule has 23 heavy (non-hydrogen) atoms. The minimum atomic E-state index is -1.04. The number of H-pyrrole nitrogens is 1. The van der Waals surface area contributed by atoms with E-state index in [0.29, 0.717) is 16.6 Å². The maximum atomic E-state index is 12.2. The Morgan fingerprint density at radius 1 is 1.13 bits per heavy atom. The molecule has 0 saturated carbocycles. The monoisotopic (exact) mass is 372 g/mol. The molecule has 6 heteroatoms. The van der Waals surface area contributed by atoms with Crippen molar-refractivity contribution in [2.75, 3.05) is 0 Å². The number of benzene rings is 2. The highest BCUT2D eigenvalue weighted by Gasteiger charge is 2.12. The molecule has 116 valence electrons. The summed E-state index contributed by atoms with van der Waals surface area (Å²) in [6.45, 7) is 0.395. The van der Waals surface area contributed by atoms with Crippen LogP contribution in [0.3, 0.4) is 0 Å². The van der Waals surface area contributed by atoms with Crippen molar-refractivity contribution in [1.82, 2.24) is 10.3 Å². The molecule has 1 amide bonds. The second kappa shape index (κ2) is 6.26. The Kier molecular flexibility index (Phi) is 4.16. The van der Waals surface area contributed by atoms with Crippen molar-refractivity contribution in [2.45, 2.75) is 6.54 Å². The molecule has 0 fully saturated rings. The van der Waals surface area contributed by atoms with Gasteiger partial charge in [0.2, 0.25) is 0 Å². The summed E-state index contributed by atoms with van der Waals surface area (Å²) in [6.07, 6.45) is 1.87. The van der Waals surface area contributed by atoms with Crippen molar-refractivity contribution < 1.29 is 14.7 Å². The van der Waals surface area contributed by atoms with Gasteiger partial charge in [0.25, 0.3) is 5.91 Å². The lowest BCUT2D eigenvalue weighted by molar-refractivity contribution is 0.0695. The molecule has 0 aliphatic rings. The number of hydrogen-bond donors (Lipinski definition) is 3. The van der Waals surface area contributed by atoms with Crippen molar-refractivity contribution in [3.05, 3.63) is 69.8 Å². The number of nitrogens with one attached hydrogen (secondary N) is 2. The molecule has 1 aromatic heterocycles. The van der Waals surface area contributed by atoms with Crippen LogP contribution in [0.2, 0.25) is 0 Å². The van der Waals surface area contributed by atoms with Gasteiger partial charge in [0.15, 0.2) is 0 Å². The molecule has 0 bridgehead atoms. The van der Waals surface area contributed by atoms with Crippen LogP contribution in [0.15, 0.2) is 53.1 Å². The van der Waals surface area contributed by atoms with E-state index in [9.17, 15) is 9.59 Å². The molecule has 0 spiro atoms. The summed E-state index contributed by atoms with van der Waals surface area (Å²) in [5.41, 5.74) is 2.53. The molecule has 5 nitrogen and oxygen atoms in total. The van der Waals surface area contributed by atoms with E-state index in [-0.39, 0.29) is 11.5 Å². The minimum absolute atomic E-state index is 0.124. The van der Waals surface area contributed by atoms with Crippen LogP contribution in [-0.4, -0.2) is 22.0 Å². The van der Waals surface area contributed by atoms with Crippen LogP contribution in [0, 0.1) is 0 Å². The number of halogens is 1. The molecule has 3 N–H and O–H groups in total. The van der Waals surface area contributed by atoms with E-state index in [0.717, 1.165) is 16.5 Å². The summed E-state index contributed by atoms with van der Waals surface area (Å²) in [6, 6.07) is 12.3. The molecule has 3 aromatic rings. The summed E-state index contributed by atoms with van der Waals surface area (Å²) < 4.78 is 0.380. The smallest absolute Gasteiger partial charge is 0.336 e. The first-order chi connectivity index (χ1) is 11.0. The van der Waals surface area contributed by atoms with Crippen LogP contribution in [0.1, 0.15) is 26.3 Å². The highest BCUT2D eigenvalue weighted by atomic mass is 79.9. The summed E-state index contributed by atoms with van der Waals surface area (Å²) in [5, 5.41) is 12.9. The lowest BCUT2D eigenvalue weighted by atomic mass is 10.1. The molecule has 0 unspecified atom stereocenters. The SMILES string of the molecule is O=C(NCc1ccc2cc[nH]c2c1)c1ccc(C(=O)O)c(Br)c1. The number of aromatic amines is 1. The maximum Gasteiger partial charge on any atom is 0.336 e. The predicted octanol–water partition coefficient (Wildman–Crippen LogP) is 3.56. The Morgan fingerprint density at radius 2 is 1.96 bits per heavy atom. The molecule has 0 aliphatic carbocycles. The lowest BCUT2D eigenvalue weighted by Crippen LogP contribution is -2.22. The van der Waals surface area contributed by atoms with Crippen LogP contribution < -0.4 is 5.32 Å². The first-order valence-corrected chi connectivity index (χ1v) is 7.71. The van der Waals surface area contributed by atoms with Gasteiger partial charge in [0.05, 0.1) is 5.56 Å². The third kappa shape index (κ3) is 3.27. The molecular formula is C17H13BrN2O3. The molecule has 2 aromatic carbocycles. The number of hydrogen-bond acceptors (Lipinski definition) is 2. The molecule has 0 saturated heterocycles. The predicted molar refractivity (Wildman–Crippen MR) is 90.6 cm³/mol. The van der Waals surface area contributed by atoms with Crippen molar-refractivity contribution in [1.29, 1.82) is 0 Å². The minimum Gasteiger partial charge on any atom is -0.478 e. The number of amides is 1. The van der Waals surface area contributed by atoms with Gasteiger partial charge in [-0.15, -0.1) is 0 Å². The molecular weight excluding hydrogens is 360 g/mol. The Morgan fingerprint density at radius 3 is 2.70 bits per heavy atom. The average Bonchev–Trinajstić information content (AvgIpc) is 2.99. The number of aromatic nitrogens is 1. The zero-order valence-electron chi connectivity index (χ0n) is 12.0. The van der Waals surface area contributed by atoms with E-state index in [2.05, 4.69) is 26.2 Å². The van der Waals surface area contributed by atoms with Gasteiger partial charge in [-0.25, -0.2) is 4.79 Å². The third-order valence-electron chi connectivity index (χ3n) is 3.53. The maximum absolute atomic E-state index is 12.2. The van der Waals surface area contributed by atoms with E-state index in [1.165, 1.54) is 18.2 Å². The van der Waals surface area contributed by atoms with Gasteiger partial charge in [0.1, 0.15) is 0 Å². The lowest BCUT2D eigenvalue weighted by Gasteiger charge is -2.07. The fourth-order valence-electron chi connectivity index (χ4n) is 2.32. The quantitative estimate of drug-likeness (QED) is 0.654. The number of rotatable bonds is 4. The average molecular weight is 373 g/mol. The van der Waals surface area contributed by atoms with E-state index < -0.39 is 5.97 Å². The van der Waals surface area contributed by atoms with Crippen molar-refractivity contribution >= 4 is 38.7 Å². The zero-order chi connectivity index (χ0) is 16.4. The van der Waals surface area contributed by atoms with Gasteiger partial charge < -0.3 is 15.4 Å². The number of aromatic carboxylic acids is 1. The van der Waals surface area contributed by atoms with Crippen LogP contribution in [0.4, 0.5) is 0 Å². The summed E-state index contributed by atoms with van der Waals surface area (Å²) in [5.74, 6) is -1.29. The molecule has 3 rings (SSSR count). The largest absolute Gasteiger partial charge is 0.478 e. The standard InChI is InChI=1S/C17H13BrN2O3/c18-14-8-12(3-4-13(14)17(22)23)16(21)20-9-10-1-2-11-5-6-19-15(11)7-10/h1-8,19H,9H2,(H,20,21)(H,22,23).